The zero-order valence-corrected chi connectivity index (χ0v) is 11.1. The van der Waals surface area contributed by atoms with Gasteiger partial charge in [-0.2, -0.15) is 0 Å². The molecule has 0 saturated carbocycles. The molecule has 17 heavy (non-hydrogen) atoms. The summed E-state index contributed by atoms with van der Waals surface area (Å²) in [6, 6.07) is 4.95. The van der Waals surface area contributed by atoms with Crippen LogP contribution in [0.4, 0.5) is 5.69 Å². The van der Waals surface area contributed by atoms with Gasteiger partial charge in [0.2, 0.25) is 0 Å². The van der Waals surface area contributed by atoms with Crippen molar-refractivity contribution in [3.63, 3.8) is 0 Å². The highest BCUT2D eigenvalue weighted by molar-refractivity contribution is 6.31. The van der Waals surface area contributed by atoms with Crippen LogP contribution >= 0.6 is 11.6 Å². The lowest BCUT2D eigenvalue weighted by molar-refractivity contribution is -0.384. The largest absolute Gasteiger partial charge is 0.297 e. The van der Waals surface area contributed by atoms with E-state index in [1.807, 2.05) is 0 Å². The van der Waals surface area contributed by atoms with Gasteiger partial charge >= 0.3 is 0 Å². The Balaban J connectivity index is 2.96. The van der Waals surface area contributed by atoms with Crippen molar-refractivity contribution >= 4 is 17.3 Å². The van der Waals surface area contributed by atoms with Gasteiger partial charge in [-0.15, -0.1) is 0 Å². The Morgan fingerprint density at radius 3 is 2.59 bits per heavy atom. The van der Waals surface area contributed by atoms with Gasteiger partial charge in [0, 0.05) is 29.7 Å². The summed E-state index contributed by atoms with van der Waals surface area (Å²) in [7, 11) is 0. The summed E-state index contributed by atoms with van der Waals surface area (Å²) in [5, 5.41) is 11.3. The molecule has 0 N–H and O–H groups in total. The van der Waals surface area contributed by atoms with Crippen LogP contribution in [0.1, 0.15) is 26.3 Å². The molecule has 1 rings (SSSR count). The second kappa shape index (κ2) is 5.98. The van der Waals surface area contributed by atoms with Crippen molar-refractivity contribution in [3.05, 3.63) is 38.9 Å². The third-order valence-electron chi connectivity index (χ3n) is 2.75. The van der Waals surface area contributed by atoms with E-state index in [0.29, 0.717) is 17.6 Å². The van der Waals surface area contributed by atoms with Gasteiger partial charge < -0.3 is 0 Å². The Kier molecular flexibility index (Phi) is 4.90. The predicted octanol–water partition coefficient (Wildman–Crippen LogP) is 3.48. The van der Waals surface area contributed by atoms with Crippen molar-refractivity contribution < 1.29 is 4.92 Å². The highest BCUT2D eigenvalue weighted by Crippen LogP contribution is 2.23. The lowest BCUT2D eigenvalue weighted by Crippen LogP contribution is -2.30. The molecule has 94 valence electrons. The van der Waals surface area contributed by atoms with E-state index < -0.39 is 4.92 Å². The first kappa shape index (κ1) is 13.9. The Morgan fingerprint density at radius 1 is 1.47 bits per heavy atom. The summed E-state index contributed by atoms with van der Waals surface area (Å²) in [5.41, 5.74) is 0.889. The SMILES string of the molecule is CCN(Cc1cc([N+](=O)[O-])ccc1Cl)C(C)C. The molecular formula is C12H17ClN2O2. The van der Waals surface area contributed by atoms with Crippen LogP contribution in [0.15, 0.2) is 18.2 Å². The quantitative estimate of drug-likeness (QED) is 0.599. The van der Waals surface area contributed by atoms with Crippen molar-refractivity contribution in [3.8, 4) is 0 Å². The molecule has 4 nitrogen and oxygen atoms in total. The van der Waals surface area contributed by atoms with E-state index in [-0.39, 0.29) is 5.69 Å². The number of benzene rings is 1. The van der Waals surface area contributed by atoms with E-state index in [0.717, 1.165) is 12.1 Å². The molecule has 0 aliphatic heterocycles. The number of nitro groups is 1. The molecule has 0 unspecified atom stereocenters. The molecule has 1 aromatic carbocycles. The minimum absolute atomic E-state index is 0.0872. The first-order chi connectivity index (χ1) is 7.95. The number of halogens is 1. The van der Waals surface area contributed by atoms with E-state index in [9.17, 15) is 10.1 Å². The van der Waals surface area contributed by atoms with Crippen molar-refractivity contribution in [2.45, 2.75) is 33.4 Å². The predicted molar refractivity (Wildman–Crippen MR) is 69.3 cm³/mol. The van der Waals surface area contributed by atoms with E-state index in [1.165, 1.54) is 6.07 Å². The lowest BCUT2D eigenvalue weighted by Gasteiger charge is -2.25. The number of nitro benzene ring substituents is 1. The molecule has 0 aliphatic rings. The molecule has 0 aromatic heterocycles. The maximum absolute atomic E-state index is 10.7. The van der Waals surface area contributed by atoms with Crippen molar-refractivity contribution in [1.29, 1.82) is 0 Å². The zero-order valence-electron chi connectivity index (χ0n) is 10.3. The van der Waals surface area contributed by atoms with Crippen LogP contribution in [0.25, 0.3) is 0 Å². The van der Waals surface area contributed by atoms with Gasteiger partial charge in [-0.05, 0) is 32.0 Å². The monoisotopic (exact) mass is 256 g/mol. The number of non-ortho nitro benzene ring substituents is 1. The normalized spacial score (nSPS) is 11.2. The molecule has 0 amide bonds. The minimum atomic E-state index is -0.397. The second-order valence-electron chi connectivity index (χ2n) is 4.19. The van der Waals surface area contributed by atoms with Gasteiger partial charge in [-0.25, -0.2) is 0 Å². The summed E-state index contributed by atoms with van der Waals surface area (Å²) in [5.74, 6) is 0. The second-order valence-corrected chi connectivity index (χ2v) is 4.60. The Morgan fingerprint density at radius 2 is 2.12 bits per heavy atom. The van der Waals surface area contributed by atoms with Crippen LogP contribution < -0.4 is 0 Å². The Bertz CT molecular complexity index is 407. The van der Waals surface area contributed by atoms with Gasteiger partial charge in [0.05, 0.1) is 4.92 Å². The number of nitrogens with zero attached hydrogens (tertiary/aromatic N) is 2. The van der Waals surface area contributed by atoms with Gasteiger partial charge in [0.1, 0.15) is 0 Å². The Labute approximate surface area is 106 Å². The topological polar surface area (TPSA) is 46.4 Å². The molecule has 0 aliphatic carbocycles. The fraction of sp³-hybridized carbons (Fsp3) is 0.500. The molecular weight excluding hydrogens is 240 g/mol. The number of hydrogen-bond acceptors (Lipinski definition) is 3. The number of rotatable bonds is 5. The van der Waals surface area contributed by atoms with Crippen LogP contribution in [-0.2, 0) is 6.54 Å². The third-order valence-corrected chi connectivity index (χ3v) is 3.12. The molecule has 0 radical (unpaired) electrons. The van der Waals surface area contributed by atoms with Crippen LogP contribution in [0.5, 0.6) is 0 Å². The Hall–Kier alpha value is -1.13. The third kappa shape index (κ3) is 3.68. The standard InChI is InChI=1S/C12H17ClN2O2/c1-4-14(9(2)3)8-10-7-11(15(16)17)5-6-12(10)13/h5-7,9H,4,8H2,1-3H3. The summed E-state index contributed by atoms with van der Waals surface area (Å²) in [4.78, 5) is 12.5. The van der Waals surface area contributed by atoms with Gasteiger partial charge in [0.25, 0.3) is 5.69 Å². The molecule has 0 saturated heterocycles. The molecule has 0 atom stereocenters. The van der Waals surface area contributed by atoms with Gasteiger partial charge in [-0.3, -0.25) is 15.0 Å². The molecule has 1 aromatic rings. The average Bonchev–Trinajstić information content (AvgIpc) is 2.27. The lowest BCUT2D eigenvalue weighted by atomic mass is 10.1. The molecule has 0 fully saturated rings. The van der Waals surface area contributed by atoms with Crippen LogP contribution in [-0.4, -0.2) is 22.4 Å². The summed E-state index contributed by atoms with van der Waals surface area (Å²) in [6.07, 6.45) is 0. The van der Waals surface area contributed by atoms with Crippen LogP contribution in [0.3, 0.4) is 0 Å². The minimum Gasteiger partial charge on any atom is -0.297 e. The fourth-order valence-corrected chi connectivity index (χ4v) is 1.85. The summed E-state index contributed by atoms with van der Waals surface area (Å²) >= 11 is 6.06. The highest BCUT2D eigenvalue weighted by Gasteiger charge is 2.13. The van der Waals surface area contributed by atoms with E-state index in [1.54, 1.807) is 12.1 Å². The fourth-order valence-electron chi connectivity index (χ4n) is 1.67. The van der Waals surface area contributed by atoms with Gasteiger partial charge in [0.15, 0.2) is 0 Å². The molecule has 0 bridgehead atoms. The first-order valence-electron chi connectivity index (χ1n) is 5.62. The van der Waals surface area contributed by atoms with E-state index >= 15 is 0 Å². The molecule has 0 heterocycles. The van der Waals surface area contributed by atoms with E-state index in [2.05, 4.69) is 25.7 Å². The average molecular weight is 257 g/mol. The highest BCUT2D eigenvalue weighted by atomic mass is 35.5. The van der Waals surface area contributed by atoms with Crippen LogP contribution in [0, 0.1) is 10.1 Å². The summed E-state index contributed by atoms with van der Waals surface area (Å²) in [6.45, 7) is 7.76. The molecule has 5 heteroatoms. The smallest absolute Gasteiger partial charge is 0.269 e. The first-order valence-corrected chi connectivity index (χ1v) is 6.00. The van der Waals surface area contributed by atoms with E-state index in [4.69, 9.17) is 11.6 Å². The maximum atomic E-state index is 10.7. The van der Waals surface area contributed by atoms with Gasteiger partial charge in [-0.1, -0.05) is 18.5 Å². The number of hydrogen-bond donors (Lipinski definition) is 0. The zero-order chi connectivity index (χ0) is 13.0. The summed E-state index contributed by atoms with van der Waals surface area (Å²) < 4.78 is 0. The van der Waals surface area contributed by atoms with Crippen molar-refractivity contribution in [1.82, 2.24) is 4.90 Å². The molecule has 0 spiro atoms. The van der Waals surface area contributed by atoms with Crippen molar-refractivity contribution in [2.75, 3.05) is 6.54 Å². The van der Waals surface area contributed by atoms with Crippen molar-refractivity contribution in [2.24, 2.45) is 0 Å². The maximum Gasteiger partial charge on any atom is 0.269 e. The van der Waals surface area contributed by atoms with Crippen LogP contribution in [0.2, 0.25) is 5.02 Å².